The summed E-state index contributed by atoms with van der Waals surface area (Å²) in [4.78, 5) is 14.8. The van der Waals surface area contributed by atoms with Crippen molar-refractivity contribution in [2.24, 2.45) is 5.92 Å². The molecule has 0 saturated carbocycles. The lowest BCUT2D eigenvalue weighted by Crippen LogP contribution is -2.43. The van der Waals surface area contributed by atoms with Gasteiger partial charge in [0.1, 0.15) is 5.75 Å². The maximum atomic E-state index is 13.0. The summed E-state index contributed by atoms with van der Waals surface area (Å²) in [5.74, 6) is 0.716. The van der Waals surface area contributed by atoms with Crippen LogP contribution in [-0.2, 0) is 19.5 Å². The van der Waals surface area contributed by atoms with Crippen LogP contribution >= 0.6 is 0 Å². The van der Waals surface area contributed by atoms with Gasteiger partial charge in [-0.15, -0.1) is 0 Å². The van der Waals surface area contributed by atoms with E-state index in [2.05, 4.69) is 4.72 Å². The van der Waals surface area contributed by atoms with Crippen molar-refractivity contribution in [3.8, 4) is 5.75 Å². The molecule has 0 aliphatic carbocycles. The third-order valence-corrected chi connectivity index (χ3v) is 7.00. The quantitative estimate of drug-likeness (QED) is 0.682. The first-order valence-corrected chi connectivity index (χ1v) is 12.3. The van der Waals surface area contributed by atoms with Crippen LogP contribution in [-0.4, -0.2) is 58.4 Å². The number of carbonyl (C=O) groups is 1. The van der Waals surface area contributed by atoms with Gasteiger partial charge in [0, 0.05) is 30.3 Å². The van der Waals surface area contributed by atoms with E-state index in [0.29, 0.717) is 49.9 Å². The number of likely N-dealkylation sites (tertiary alicyclic amines) is 1. The third kappa shape index (κ3) is 5.23. The van der Waals surface area contributed by atoms with Gasteiger partial charge in [-0.2, -0.15) is 0 Å². The lowest BCUT2D eigenvalue weighted by atomic mass is 9.96. The van der Waals surface area contributed by atoms with E-state index in [-0.39, 0.29) is 23.0 Å². The number of carbonyl (C=O) groups excluding carboxylic acids is 1. The normalized spacial score (nSPS) is 19.7. The Kier molecular flexibility index (Phi) is 6.98. The Morgan fingerprint density at radius 2 is 1.78 bits per heavy atom. The van der Waals surface area contributed by atoms with Gasteiger partial charge in [0.15, 0.2) is 6.29 Å². The highest BCUT2D eigenvalue weighted by atomic mass is 32.2. The van der Waals surface area contributed by atoms with Crippen LogP contribution in [0.4, 0.5) is 5.69 Å². The molecule has 2 aliphatic heterocycles. The molecular formula is C23H28N2O6S. The number of ether oxygens (including phenoxy) is 3. The molecule has 1 N–H and O–H groups in total. The highest BCUT2D eigenvalue weighted by molar-refractivity contribution is 7.92. The number of sulfonamides is 1. The second kappa shape index (κ2) is 9.89. The van der Waals surface area contributed by atoms with Gasteiger partial charge in [0.25, 0.3) is 15.9 Å². The molecule has 2 fully saturated rings. The van der Waals surface area contributed by atoms with Crippen molar-refractivity contribution >= 4 is 21.6 Å². The van der Waals surface area contributed by atoms with Gasteiger partial charge in [0.2, 0.25) is 0 Å². The monoisotopic (exact) mass is 460 g/mol. The van der Waals surface area contributed by atoms with Crippen molar-refractivity contribution in [2.45, 2.75) is 31.0 Å². The summed E-state index contributed by atoms with van der Waals surface area (Å²) < 4.78 is 44.6. The molecule has 2 heterocycles. The van der Waals surface area contributed by atoms with Gasteiger partial charge >= 0.3 is 0 Å². The first-order chi connectivity index (χ1) is 15.5. The molecule has 0 aromatic heterocycles. The van der Waals surface area contributed by atoms with Gasteiger partial charge in [-0.1, -0.05) is 0 Å². The molecule has 1 atom stereocenters. The first kappa shape index (κ1) is 22.6. The number of hydrogen-bond acceptors (Lipinski definition) is 6. The molecule has 2 aromatic carbocycles. The fourth-order valence-electron chi connectivity index (χ4n) is 4.02. The molecule has 1 unspecified atom stereocenters. The third-order valence-electron chi connectivity index (χ3n) is 5.61. The minimum atomic E-state index is -3.77. The lowest BCUT2D eigenvalue weighted by Gasteiger charge is -2.34. The molecule has 2 aromatic rings. The van der Waals surface area contributed by atoms with E-state index in [9.17, 15) is 13.2 Å². The number of piperidine rings is 1. The standard InChI is InChI=1S/C23H28N2O6S/c1-2-29-20-9-7-19(8-10-20)24-32(27,28)21-11-5-17(6-12-21)22(26)25-13-3-4-18(16-25)23-30-14-15-31-23/h5-12,18,23-24H,2-4,13-16H2,1H3. The van der Waals surface area contributed by atoms with Crippen molar-refractivity contribution in [1.82, 2.24) is 4.90 Å². The molecule has 2 saturated heterocycles. The van der Waals surface area contributed by atoms with Crippen LogP contribution in [0.25, 0.3) is 0 Å². The first-order valence-electron chi connectivity index (χ1n) is 10.8. The minimum Gasteiger partial charge on any atom is -0.494 e. The van der Waals surface area contributed by atoms with E-state index in [1.54, 1.807) is 41.3 Å². The summed E-state index contributed by atoms with van der Waals surface area (Å²) in [7, 11) is -3.77. The van der Waals surface area contributed by atoms with Crippen molar-refractivity contribution < 1.29 is 27.4 Å². The summed E-state index contributed by atoms with van der Waals surface area (Å²) in [6.07, 6.45) is 1.60. The van der Waals surface area contributed by atoms with Gasteiger partial charge in [-0.05, 0) is 68.3 Å². The zero-order valence-corrected chi connectivity index (χ0v) is 18.8. The molecule has 4 rings (SSSR count). The number of rotatable bonds is 7. The Balaban J connectivity index is 1.40. The van der Waals surface area contributed by atoms with Crippen molar-refractivity contribution in [3.63, 3.8) is 0 Å². The zero-order chi connectivity index (χ0) is 22.6. The van der Waals surface area contributed by atoms with Crippen LogP contribution in [0.3, 0.4) is 0 Å². The molecule has 9 heteroatoms. The Bertz CT molecular complexity index is 1020. The van der Waals surface area contributed by atoms with Crippen LogP contribution < -0.4 is 9.46 Å². The number of nitrogens with one attached hydrogen (secondary N) is 1. The zero-order valence-electron chi connectivity index (χ0n) is 18.0. The average molecular weight is 461 g/mol. The van der Waals surface area contributed by atoms with Crippen LogP contribution in [0.5, 0.6) is 5.75 Å². The average Bonchev–Trinajstić information content (AvgIpc) is 3.35. The van der Waals surface area contributed by atoms with E-state index in [1.165, 1.54) is 12.1 Å². The summed E-state index contributed by atoms with van der Waals surface area (Å²) in [5, 5.41) is 0. The Labute approximate surface area is 188 Å². The summed E-state index contributed by atoms with van der Waals surface area (Å²) in [6.45, 7) is 4.85. The molecular weight excluding hydrogens is 432 g/mol. The predicted octanol–water partition coefficient (Wildman–Crippen LogP) is 3.11. The number of nitrogens with zero attached hydrogens (tertiary/aromatic N) is 1. The number of benzene rings is 2. The van der Waals surface area contributed by atoms with Crippen LogP contribution in [0.2, 0.25) is 0 Å². The van der Waals surface area contributed by atoms with Crippen LogP contribution in [0.15, 0.2) is 53.4 Å². The molecule has 2 aliphatic rings. The Morgan fingerprint density at radius 3 is 2.44 bits per heavy atom. The van der Waals surface area contributed by atoms with Crippen LogP contribution in [0, 0.1) is 5.92 Å². The molecule has 32 heavy (non-hydrogen) atoms. The molecule has 8 nitrogen and oxygen atoms in total. The number of amides is 1. The number of anilines is 1. The van der Waals surface area contributed by atoms with Gasteiger partial charge in [-0.3, -0.25) is 9.52 Å². The lowest BCUT2D eigenvalue weighted by molar-refractivity contribution is -0.0969. The van der Waals surface area contributed by atoms with E-state index in [1.807, 2.05) is 6.92 Å². The summed E-state index contributed by atoms with van der Waals surface area (Å²) >= 11 is 0. The van der Waals surface area contributed by atoms with Gasteiger partial charge < -0.3 is 19.1 Å². The van der Waals surface area contributed by atoms with Crippen molar-refractivity contribution in [1.29, 1.82) is 0 Å². The Hall–Kier alpha value is -2.62. The second-order valence-electron chi connectivity index (χ2n) is 7.85. The highest BCUT2D eigenvalue weighted by Gasteiger charge is 2.33. The summed E-state index contributed by atoms with van der Waals surface area (Å²) in [6, 6.07) is 12.7. The molecule has 0 bridgehead atoms. The van der Waals surface area contributed by atoms with Crippen LogP contribution in [0.1, 0.15) is 30.1 Å². The largest absolute Gasteiger partial charge is 0.494 e. The fraction of sp³-hybridized carbons (Fsp3) is 0.435. The fourth-order valence-corrected chi connectivity index (χ4v) is 5.08. The van der Waals surface area contributed by atoms with E-state index in [0.717, 1.165) is 12.8 Å². The van der Waals surface area contributed by atoms with Gasteiger partial charge in [0.05, 0.1) is 24.7 Å². The highest BCUT2D eigenvalue weighted by Crippen LogP contribution is 2.26. The van der Waals surface area contributed by atoms with Crippen molar-refractivity contribution in [3.05, 3.63) is 54.1 Å². The molecule has 172 valence electrons. The second-order valence-corrected chi connectivity index (χ2v) is 9.53. The maximum Gasteiger partial charge on any atom is 0.261 e. The summed E-state index contributed by atoms with van der Waals surface area (Å²) in [5.41, 5.74) is 0.892. The van der Waals surface area contributed by atoms with Gasteiger partial charge in [-0.25, -0.2) is 8.42 Å². The molecule has 0 spiro atoms. The minimum absolute atomic E-state index is 0.0900. The molecule has 0 radical (unpaired) electrons. The van der Waals surface area contributed by atoms with E-state index >= 15 is 0 Å². The SMILES string of the molecule is CCOc1ccc(NS(=O)(=O)c2ccc(C(=O)N3CCCC(C4OCCO4)C3)cc2)cc1. The predicted molar refractivity (Wildman–Crippen MR) is 119 cm³/mol. The van der Waals surface area contributed by atoms with E-state index in [4.69, 9.17) is 14.2 Å². The smallest absolute Gasteiger partial charge is 0.261 e. The maximum absolute atomic E-state index is 13.0. The number of hydrogen-bond donors (Lipinski definition) is 1. The molecule has 1 amide bonds. The topological polar surface area (TPSA) is 94.2 Å². The Morgan fingerprint density at radius 1 is 1.09 bits per heavy atom. The van der Waals surface area contributed by atoms with E-state index < -0.39 is 10.0 Å². The van der Waals surface area contributed by atoms with Crippen molar-refractivity contribution in [2.75, 3.05) is 37.6 Å².